The van der Waals surface area contributed by atoms with Gasteiger partial charge in [-0.1, -0.05) is 46.3 Å². The van der Waals surface area contributed by atoms with E-state index < -0.39 is 0 Å². The number of halogens is 1. The lowest BCUT2D eigenvalue weighted by atomic mass is 10.1. The van der Waals surface area contributed by atoms with Gasteiger partial charge in [0.15, 0.2) is 0 Å². The second-order valence-corrected chi connectivity index (χ2v) is 4.73. The van der Waals surface area contributed by atoms with Gasteiger partial charge in [-0.05, 0) is 30.7 Å². The van der Waals surface area contributed by atoms with Crippen molar-refractivity contribution in [2.75, 3.05) is 11.9 Å². The monoisotopic (exact) mass is 333 g/mol. The Morgan fingerprint density at radius 2 is 1.85 bits per heavy atom. The molecule has 4 heteroatoms. The molecule has 3 nitrogen and oxygen atoms in total. The van der Waals surface area contributed by atoms with Crippen molar-refractivity contribution < 1.29 is 9.53 Å². The van der Waals surface area contributed by atoms with Gasteiger partial charge in [-0.3, -0.25) is 4.79 Å². The van der Waals surface area contributed by atoms with Gasteiger partial charge in [0.25, 0.3) is 5.91 Å². The number of hydrogen-bond acceptors (Lipinski definition) is 2. The van der Waals surface area contributed by atoms with Crippen LogP contribution in [0.25, 0.3) is 0 Å². The third-order valence-corrected chi connectivity index (χ3v) is 3.45. The molecule has 2 aromatic carbocycles. The number of hydrogen-bond donors (Lipinski definition) is 1. The molecule has 0 radical (unpaired) electrons. The highest BCUT2D eigenvalue weighted by molar-refractivity contribution is 9.08. The lowest BCUT2D eigenvalue weighted by Gasteiger charge is -2.12. The number of rotatable bonds is 5. The zero-order chi connectivity index (χ0) is 14.4. The zero-order valence-electron chi connectivity index (χ0n) is 11.2. The summed E-state index contributed by atoms with van der Waals surface area (Å²) in [6.07, 6.45) is 0. The maximum absolute atomic E-state index is 12.4. The van der Waals surface area contributed by atoms with Crippen LogP contribution in [0, 0.1) is 0 Å². The summed E-state index contributed by atoms with van der Waals surface area (Å²) < 4.78 is 5.51. The summed E-state index contributed by atoms with van der Waals surface area (Å²) in [5, 5.41) is 3.54. The summed E-state index contributed by atoms with van der Waals surface area (Å²) in [5.41, 5.74) is 2.30. The van der Waals surface area contributed by atoms with E-state index in [0.717, 1.165) is 5.56 Å². The Bertz CT molecular complexity index is 599. The summed E-state index contributed by atoms with van der Waals surface area (Å²) in [7, 11) is 0. The predicted molar refractivity (Wildman–Crippen MR) is 84.6 cm³/mol. The van der Waals surface area contributed by atoms with E-state index in [9.17, 15) is 4.79 Å². The molecule has 0 aliphatic heterocycles. The Morgan fingerprint density at radius 1 is 1.15 bits per heavy atom. The van der Waals surface area contributed by atoms with E-state index in [1.165, 1.54) is 0 Å². The molecule has 0 atom stereocenters. The molecule has 0 aliphatic carbocycles. The van der Waals surface area contributed by atoms with Gasteiger partial charge < -0.3 is 10.1 Å². The first-order valence-corrected chi connectivity index (χ1v) is 7.55. The smallest absolute Gasteiger partial charge is 0.256 e. The molecule has 0 aromatic heterocycles. The largest absolute Gasteiger partial charge is 0.492 e. The average molecular weight is 334 g/mol. The molecular weight excluding hydrogens is 318 g/mol. The van der Waals surface area contributed by atoms with Crippen molar-refractivity contribution in [3.63, 3.8) is 0 Å². The zero-order valence-corrected chi connectivity index (χ0v) is 12.8. The van der Waals surface area contributed by atoms with Crippen molar-refractivity contribution in [3.05, 3.63) is 59.7 Å². The van der Waals surface area contributed by atoms with Crippen molar-refractivity contribution in [1.29, 1.82) is 0 Å². The van der Waals surface area contributed by atoms with Gasteiger partial charge in [-0.15, -0.1) is 0 Å². The van der Waals surface area contributed by atoms with E-state index in [2.05, 4.69) is 21.2 Å². The van der Waals surface area contributed by atoms with Gasteiger partial charge in [-0.2, -0.15) is 0 Å². The number of ether oxygens (including phenoxy) is 1. The molecule has 2 rings (SSSR count). The number of anilines is 1. The second kappa shape index (κ2) is 7.10. The third kappa shape index (κ3) is 3.39. The van der Waals surface area contributed by atoms with E-state index in [1.807, 2.05) is 55.5 Å². The SMILES string of the molecule is CCOc1ccccc1NC(=O)c1ccccc1CBr. The number of benzene rings is 2. The minimum Gasteiger partial charge on any atom is -0.492 e. The van der Waals surface area contributed by atoms with Gasteiger partial charge >= 0.3 is 0 Å². The van der Waals surface area contributed by atoms with E-state index in [1.54, 1.807) is 0 Å². The van der Waals surface area contributed by atoms with Crippen LogP contribution in [0.4, 0.5) is 5.69 Å². The van der Waals surface area contributed by atoms with Crippen molar-refractivity contribution in [3.8, 4) is 5.75 Å². The number of para-hydroxylation sites is 2. The maximum Gasteiger partial charge on any atom is 0.256 e. The Balaban J connectivity index is 2.24. The summed E-state index contributed by atoms with van der Waals surface area (Å²) in [4.78, 5) is 12.4. The lowest BCUT2D eigenvalue weighted by molar-refractivity contribution is 0.102. The fourth-order valence-electron chi connectivity index (χ4n) is 1.90. The van der Waals surface area contributed by atoms with Crippen molar-refractivity contribution in [2.24, 2.45) is 0 Å². The van der Waals surface area contributed by atoms with Gasteiger partial charge in [0.2, 0.25) is 0 Å². The van der Waals surface area contributed by atoms with Gasteiger partial charge in [0.05, 0.1) is 12.3 Å². The standard InChI is InChI=1S/C16H16BrNO2/c1-2-20-15-10-6-5-9-14(15)18-16(19)13-8-4-3-7-12(13)11-17/h3-10H,2,11H2,1H3,(H,18,19). The molecule has 0 saturated heterocycles. The maximum atomic E-state index is 12.4. The fourth-order valence-corrected chi connectivity index (χ4v) is 2.39. The molecule has 0 heterocycles. The van der Waals surface area contributed by atoms with Crippen LogP contribution in [0.5, 0.6) is 5.75 Å². The Morgan fingerprint density at radius 3 is 2.60 bits per heavy atom. The van der Waals surface area contributed by atoms with E-state index in [0.29, 0.717) is 28.9 Å². The van der Waals surface area contributed by atoms with Crippen LogP contribution in [-0.2, 0) is 5.33 Å². The molecule has 0 spiro atoms. The first-order chi connectivity index (χ1) is 9.76. The molecule has 0 saturated carbocycles. The first kappa shape index (κ1) is 14.6. The molecular formula is C16H16BrNO2. The van der Waals surface area contributed by atoms with Crippen LogP contribution in [0.15, 0.2) is 48.5 Å². The van der Waals surface area contributed by atoms with E-state index >= 15 is 0 Å². The van der Waals surface area contributed by atoms with Crippen molar-refractivity contribution in [1.82, 2.24) is 0 Å². The molecule has 0 unspecified atom stereocenters. The van der Waals surface area contributed by atoms with Crippen molar-refractivity contribution in [2.45, 2.75) is 12.3 Å². The Hall–Kier alpha value is -1.81. The Kier molecular flexibility index (Phi) is 5.18. The highest BCUT2D eigenvalue weighted by Gasteiger charge is 2.12. The normalized spacial score (nSPS) is 10.1. The fraction of sp³-hybridized carbons (Fsp3) is 0.188. The van der Waals surface area contributed by atoms with Crippen molar-refractivity contribution >= 4 is 27.5 Å². The summed E-state index contributed by atoms with van der Waals surface area (Å²) in [5.74, 6) is 0.548. The number of carbonyl (C=O) groups is 1. The van der Waals surface area contributed by atoms with Crippen LogP contribution in [-0.4, -0.2) is 12.5 Å². The highest BCUT2D eigenvalue weighted by Crippen LogP contribution is 2.25. The number of carbonyl (C=O) groups excluding carboxylic acids is 1. The highest BCUT2D eigenvalue weighted by atomic mass is 79.9. The van der Waals surface area contributed by atoms with Crippen LogP contribution in [0.3, 0.4) is 0 Å². The Labute approximate surface area is 127 Å². The van der Waals surface area contributed by atoms with Crippen LogP contribution in [0.1, 0.15) is 22.8 Å². The van der Waals surface area contributed by atoms with Gasteiger partial charge in [0.1, 0.15) is 5.75 Å². The molecule has 104 valence electrons. The molecule has 0 bridgehead atoms. The minimum atomic E-state index is -0.132. The lowest BCUT2D eigenvalue weighted by Crippen LogP contribution is -2.14. The quantitative estimate of drug-likeness (QED) is 0.831. The average Bonchev–Trinajstić information content (AvgIpc) is 2.49. The molecule has 20 heavy (non-hydrogen) atoms. The van der Waals surface area contributed by atoms with E-state index in [4.69, 9.17) is 4.74 Å². The molecule has 2 aromatic rings. The molecule has 0 fully saturated rings. The second-order valence-electron chi connectivity index (χ2n) is 4.17. The number of nitrogens with one attached hydrogen (secondary N) is 1. The van der Waals surface area contributed by atoms with Crippen LogP contribution < -0.4 is 10.1 Å². The first-order valence-electron chi connectivity index (χ1n) is 6.43. The van der Waals surface area contributed by atoms with Crippen LogP contribution in [0.2, 0.25) is 0 Å². The summed E-state index contributed by atoms with van der Waals surface area (Å²) in [6, 6.07) is 14.9. The molecule has 1 amide bonds. The summed E-state index contributed by atoms with van der Waals surface area (Å²) >= 11 is 3.40. The molecule has 0 aliphatic rings. The summed E-state index contributed by atoms with van der Waals surface area (Å²) in [6.45, 7) is 2.48. The number of alkyl halides is 1. The topological polar surface area (TPSA) is 38.3 Å². The van der Waals surface area contributed by atoms with E-state index in [-0.39, 0.29) is 5.91 Å². The van der Waals surface area contributed by atoms with Gasteiger partial charge in [-0.25, -0.2) is 0 Å². The van der Waals surface area contributed by atoms with Crippen LogP contribution >= 0.6 is 15.9 Å². The number of amides is 1. The minimum absolute atomic E-state index is 0.132. The van der Waals surface area contributed by atoms with Gasteiger partial charge in [0, 0.05) is 10.9 Å². The third-order valence-electron chi connectivity index (χ3n) is 2.84. The molecule has 1 N–H and O–H groups in total. The predicted octanol–water partition coefficient (Wildman–Crippen LogP) is 4.23.